The van der Waals surface area contributed by atoms with Crippen LogP contribution in [0.3, 0.4) is 0 Å². The number of nitrogens with zero attached hydrogens (tertiary/aromatic N) is 2. The number of aromatic nitrogens is 2. The molecule has 1 amide bonds. The van der Waals surface area contributed by atoms with E-state index in [4.69, 9.17) is 4.52 Å². The van der Waals surface area contributed by atoms with E-state index in [2.05, 4.69) is 20.2 Å². The molecule has 4 rings (SSSR count). The van der Waals surface area contributed by atoms with Gasteiger partial charge in [0.1, 0.15) is 0 Å². The molecule has 4 aromatic rings. The molecule has 3 aromatic carbocycles. The highest BCUT2D eigenvalue weighted by atomic mass is 32.2. The van der Waals surface area contributed by atoms with Gasteiger partial charge in [-0.1, -0.05) is 23.4 Å². The minimum absolute atomic E-state index is 0.151. The highest BCUT2D eigenvalue weighted by Gasteiger charge is 2.14. The van der Waals surface area contributed by atoms with Crippen LogP contribution in [0.2, 0.25) is 0 Å². The van der Waals surface area contributed by atoms with E-state index in [0.717, 1.165) is 0 Å². The van der Waals surface area contributed by atoms with Crippen molar-refractivity contribution in [1.82, 2.24) is 10.1 Å². The van der Waals surface area contributed by atoms with E-state index in [1.54, 1.807) is 66.7 Å². The number of carbonyl (C=O) groups is 1. The predicted molar refractivity (Wildman–Crippen MR) is 117 cm³/mol. The van der Waals surface area contributed by atoms with Gasteiger partial charge in [-0.2, -0.15) is 4.98 Å². The first kappa shape index (κ1) is 20.3. The van der Waals surface area contributed by atoms with Crippen molar-refractivity contribution in [2.75, 3.05) is 10.0 Å². The van der Waals surface area contributed by atoms with Gasteiger partial charge in [0.05, 0.1) is 4.90 Å². The summed E-state index contributed by atoms with van der Waals surface area (Å²) < 4.78 is 32.7. The Bertz CT molecular complexity index is 1300. The molecule has 0 radical (unpaired) electrons. The SMILES string of the molecule is CC(=O)Nc1ccc(-c2nc(-c3ccc(NS(=O)(=O)c4ccccc4)cc3)no2)cc1. The number of benzene rings is 3. The molecule has 0 fully saturated rings. The Balaban J connectivity index is 1.49. The molecule has 0 atom stereocenters. The molecular formula is C22H18N4O4S. The van der Waals surface area contributed by atoms with Gasteiger partial charge in [0, 0.05) is 29.4 Å². The zero-order valence-corrected chi connectivity index (χ0v) is 17.3. The predicted octanol–water partition coefficient (Wildman–Crippen LogP) is 4.16. The van der Waals surface area contributed by atoms with Gasteiger partial charge in [-0.15, -0.1) is 0 Å². The van der Waals surface area contributed by atoms with Crippen LogP contribution in [0.1, 0.15) is 6.92 Å². The Morgan fingerprint density at radius 3 is 2.10 bits per heavy atom. The first-order valence-electron chi connectivity index (χ1n) is 9.31. The van der Waals surface area contributed by atoms with E-state index in [0.29, 0.717) is 34.2 Å². The zero-order valence-electron chi connectivity index (χ0n) is 16.4. The first-order valence-corrected chi connectivity index (χ1v) is 10.8. The molecule has 0 unspecified atom stereocenters. The van der Waals surface area contributed by atoms with Crippen molar-refractivity contribution >= 4 is 27.3 Å². The summed E-state index contributed by atoms with van der Waals surface area (Å²) in [6, 6.07) is 21.8. The fourth-order valence-electron chi connectivity index (χ4n) is 2.86. The fraction of sp³-hybridized carbons (Fsp3) is 0.0455. The fourth-order valence-corrected chi connectivity index (χ4v) is 3.94. The molecule has 0 spiro atoms. The number of anilines is 2. The van der Waals surface area contributed by atoms with Gasteiger partial charge in [-0.25, -0.2) is 8.42 Å². The number of hydrogen-bond donors (Lipinski definition) is 2. The second-order valence-electron chi connectivity index (χ2n) is 6.68. The molecule has 0 saturated heterocycles. The summed E-state index contributed by atoms with van der Waals surface area (Å²) in [5.41, 5.74) is 2.47. The number of hydrogen-bond acceptors (Lipinski definition) is 6. The van der Waals surface area contributed by atoms with Crippen LogP contribution in [0.4, 0.5) is 11.4 Å². The van der Waals surface area contributed by atoms with Crippen LogP contribution in [-0.4, -0.2) is 24.5 Å². The second kappa shape index (κ2) is 8.41. The Morgan fingerprint density at radius 2 is 1.45 bits per heavy atom. The summed E-state index contributed by atoms with van der Waals surface area (Å²) in [5.74, 6) is 0.555. The molecule has 8 nitrogen and oxygen atoms in total. The highest BCUT2D eigenvalue weighted by molar-refractivity contribution is 7.92. The van der Waals surface area contributed by atoms with Crippen molar-refractivity contribution in [3.8, 4) is 22.8 Å². The summed E-state index contributed by atoms with van der Waals surface area (Å²) in [6.07, 6.45) is 0. The molecule has 9 heteroatoms. The van der Waals surface area contributed by atoms with Crippen LogP contribution >= 0.6 is 0 Å². The molecule has 1 heterocycles. The van der Waals surface area contributed by atoms with E-state index < -0.39 is 10.0 Å². The van der Waals surface area contributed by atoms with Crippen LogP contribution < -0.4 is 10.0 Å². The van der Waals surface area contributed by atoms with Crippen LogP contribution in [0.25, 0.3) is 22.8 Å². The van der Waals surface area contributed by atoms with Crippen molar-refractivity contribution in [2.45, 2.75) is 11.8 Å². The summed E-state index contributed by atoms with van der Waals surface area (Å²) in [6.45, 7) is 1.44. The van der Waals surface area contributed by atoms with Gasteiger partial charge in [0.15, 0.2) is 0 Å². The number of amides is 1. The topological polar surface area (TPSA) is 114 Å². The average Bonchev–Trinajstić information content (AvgIpc) is 3.25. The molecule has 1 aromatic heterocycles. The van der Waals surface area contributed by atoms with Crippen LogP contribution in [0, 0.1) is 0 Å². The lowest BCUT2D eigenvalue weighted by Crippen LogP contribution is -2.12. The second-order valence-corrected chi connectivity index (χ2v) is 8.36. The van der Waals surface area contributed by atoms with Crippen molar-refractivity contribution in [3.63, 3.8) is 0 Å². The largest absolute Gasteiger partial charge is 0.334 e. The Hall–Kier alpha value is -3.98. The van der Waals surface area contributed by atoms with Crippen LogP contribution in [-0.2, 0) is 14.8 Å². The molecule has 31 heavy (non-hydrogen) atoms. The van der Waals surface area contributed by atoms with Crippen molar-refractivity contribution in [3.05, 3.63) is 78.9 Å². The monoisotopic (exact) mass is 434 g/mol. The lowest BCUT2D eigenvalue weighted by Gasteiger charge is -2.08. The van der Waals surface area contributed by atoms with Gasteiger partial charge in [0.2, 0.25) is 11.7 Å². The Morgan fingerprint density at radius 1 is 0.839 bits per heavy atom. The minimum atomic E-state index is -3.66. The quantitative estimate of drug-likeness (QED) is 0.471. The lowest BCUT2D eigenvalue weighted by molar-refractivity contribution is -0.114. The van der Waals surface area contributed by atoms with Gasteiger partial charge in [-0.05, 0) is 60.7 Å². The molecule has 0 aliphatic heterocycles. The summed E-state index contributed by atoms with van der Waals surface area (Å²) in [4.78, 5) is 15.7. The molecule has 2 N–H and O–H groups in total. The Labute approximate surface area is 179 Å². The summed E-state index contributed by atoms with van der Waals surface area (Å²) >= 11 is 0. The van der Waals surface area contributed by atoms with Crippen molar-refractivity contribution < 1.29 is 17.7 Å². The number of sulfonamides is 1. The van der Waals surface area contributed by atoms with Crippen LogP contribution in [0.15, 0.2) is 88.3 Å². The molecular weight excluding hydrogens is 416 g/mol. The van der Waals surface area contributed by atoms with Gasteiger partial charge in [-0.3, -0.25) is 9.52 Å². The van der Waals surface area contributed by atoms with Gasteiger partial charge >= 0.3 is 0 Å². The molecule has 0 bridgehead atoms. The lowest BCUT2D eigenvalue weighted by atomic mass is 10.2. The van der Waals surface area contributed by atoms with Crippen molar-refractivity contribution in [1.29, 1.82) is 0 Å². The summed E-state index contributed by atoms with van der Waals surface area (Å²) in [7, 11) is -3.66. The number of carbonyl (C=O) groups excluding carboxylic acids is 1. The maximum Gasteiger partial charge on any atom is 0.261 e. The maximum atomic E-state index is 12.4. The maximum absolute atomic E-state index is 12.4. The average molecular weight is 434 g/mol. The molecule has 0 aliphatic rings. The third kappa shape index (κ3) is 4.78. The Kier molecular flexibility index (Phi) is 5.50. The van der Waals surface area contributed by atoms with E-state index in [1.807, 2.05) is 0 Å². The normalized spacial score (nSPS) is 11.1. The molecule has 0 saturated carbocycles. The molecule has 156 valence electrons. The van der Waals surface area contributed by atoms with Crippen molar-refractivity contribution in [2.24, 2.45) is 0 Å². The molecule has 0 aliphatic carbocycles. The van der Waals surface area contributed by atoms with E-state index in [1.165, 1.54) is 19.1 Å². The summed E-state index contributed by atoms with van der Waals surface area (Å²) in [5, 5.41) is 6.68. The van der Waals surface area contributed by atoms with E-state index >= 15 is 0 Å². The highest BCUT2D eigenvalue weighted by Crippen LogP contribution is 2.25. The van der Waals surface area contributed by atoms with Crippen LogP contribution in [0.5, 0.6) is 0 Å². The van der Waals surface area contributed by atoms with E-state index in [-0.39, 0.29) is 10.8 Å². The third-order valence-electron chi connectivity index (χ3n) is 4.33. The minimum Gasteiger partial charge on any atom is -0.334 e. The zero-order chi connectivity index (χ0) is 21.8. The number of rotatable bonds is 6. The number of nitrogens with one attached hydrogen (secondary N) is 2. The van der Waals surface area contributed by atoms with E-state index in [9.17, 15) is 13.2 Å². The smallest absolute Gasteiger partial charge is 0.261 e. The standard InChI is InChI=1S/C22H18N4O4S/c1-15(27)23-18-11-9-17(10-12-18)22-24-21(25-30-22)16-7-13-19(14-8-16)26-31(28,29)20-5-3-2-4-6-20/h2-14,26H,1H3,(H,23,27). The van der Waals surface area contributed by atoms with Gasteiger partial charge < -0.3 is 9.84 Å². The van der Waals surface area contributed by atoms with Gasteiger partial charge in [0.25, 0.3) is 15.9 Å². The first-order chi connectivity index (χ1) is 14.9. The third-order valence-corrected chi connectivity index (χ3v) is 5.72.